The molecule has 0 saturated heterocycles. The van der Waals surface area contributed by atoms with Crippen LogP contribution < -0.4 is 10.1 Å². The van der Waals surface area contributed by atoms with Gasteiger partial charge < -0.3 is 5.11 Å². The van der Waals surface area contributed by atoms with Crippen molar-refractivity contribution in [2.24, 2.45) is 17.3 Å². The van der Waals surface area contributed by atoms with Gasteiger partial charge in [-0.1, -0.05) is 0 Å². The zero-order valence-electron chi connectivity index (χ0n) is 16.0. The lowest BCUT2D eigenvalue weighted by Crippen LogP contribution is -2.19. The Morgan fingerprint density at radius 1 is 1.10 bits per heavy atom. The number of sulfonamides is 1. The number of nitrogens with zero attached hydrogens (tertiary/aromatic N) is 4. The molecule has 29 heavy (non-hydrogen) atoms. The molecule has 0 aliphatic carbocycles. The number of hydrogen-bond acceptors (Lipinski definition) is 6. The molecule has 0 amide bonds. The van der Waals surface area contributed by atoms with Gasteiger partial charge >= 0.3 is 0 Å². The fourth-order valence-electron chi connectivity index (χ4n) is 3.45. The minimum atomic E-state index is -3.76. The van der Waals surface area contributed by atoms with Crippen molar-refractivity contribution in [3.63, 3.8) is 0 Å². The molecule has 9 heteroatoms. The maximum absolute atomic E-state index is 11.6. The maximum Gasteiger partial charge on any atom is 0.238 e. The molecule has 2 aromatic carbocycles. The van der Waals surface area contributed by atoms with E-state index in [1.807, 2.05) is 42.0 Å². The van der Waals surface area contributed by atoms with Crippen molar-refractivity contribution in [2.75, 3.05) is 5.01 Å². The van der Waals surface area contributed by atoms with Gasteiger partial charge in [0.25, 0.3) is 0 Å². The van der Waals surface area contributed by atoms with Crippen LogP contribution in [0.1, 0.15) is 29.3 Å². The van der Waals surface area contributed by atoms with Gasteiger partial charge in [0, 0.05) is 24.7 Å². The third kappa shape index (κ3) is 3.62. The van der Waals surface area contributed by atoms with Gasteiger partial charge in [-0.25, -0.2) is 13.6 Å². The molecule has 0 radical (unpaired) electrons. The summed E-state index contributed by atoms with van der Waals surface area (Å²) < 4.78 is 25.0. The number of primary sulfonamides is 1. The fourth-order valence-corrected chi connectivity index (χ4v) is 3.97. The Labute approximate surface area is 168 Å². The molecule has 3 N–H and O–H groups in total. The highest BCUT2D eigenvalue weighted by atomic mass is 32.2. The first-order valence-corrected chi connectivity index (χ1v) is 10.6. The van der Waals surface area contributed by atoms with Crippen molar-refractivity contribution in [3.8, 4) is 5.75 Å². The number of anilines is 1. The molecule has 0 spiro atoms. The van der Waals surface area contributed by atoms with E-state index in [0.717, 1.165) is 28.2 Å². The quantitative estimate of drug-likeness (QED) is 0.684. The van der Waals surface area contributed by atoms with Crippen LogP contribution >= 0.6 is 0 Å². The third-order valence-electron chi connectivity index (χ3n) is 5.17. The normalized spacial score (nSPS) is 16.9. The average molecular weight is 411 g/mol. The van der Waals surface area contributed by atoms with Gasteiger partial charge in [-0.05, 0) is 61.0 Å². The second-order valence-electron chi connectivity index (χ2n) is 7.01. The SMILES string of the molecule is Cc1c(C2CC(c3ccc(O)cc3)=NN2c2ccc(S(N)(=O)=O)cc2)cnn1C. The van der Waals surface area contributed by atoms with E-state index in [1.165, 1.54) is 12.1 Å². The molecule has 0 bridgehead atoms. The molecule has 1 aliphatic heterocycles. The van der Waals surface area contributed by atoms with Crippen molar-refractivity contribution >= 4 is 21.4 Å². The second-order valence-corrected chi connectivity index (χ2v) is 8.57. The first-order chi connectivity index (χ1) is 13.7. The minimum absolute atomic E-state index is 0.0530. The van der Waals surface area contributed by atoms with Gasteiger partial charge in [-0.2, -0.15) is 10.2 Å². The summed E-state index contributed by atoms with van der Waals surface area (Å²) in [6, 6.07) is 13.2. The Hall–Kier alpha value is -3.17. The smallest absolute Gasteiger partial charge is 0.238 e. The molecule has 1 aliphatic rings. The lowest BCUT2D eigenvalue weighted by Gasteiger charge is -2.23. The number of aromatic hydroxyl groups is 1. The highest BCUT2D eigenvalue weighted by Crippen LogP contribution is 2.38. The van der Waals surface area contributed by atoms with E-state index in [4.69, 9.17) is 10.2 Å². The summed E-state index contributed by atoms with van der Waals surface area (Å²) in [4.78, 5) is 0.0530. The van der Waals surface area contributed by atoms with Crippen molar-refractivity contribution in [1.82, 2.24) is 9.78 Å². The lowest BCUT2D eigenvalue weighted by molar-refractivity contribution is 0.475. The highest BCUT2D eigenvalue weighted by Gasteiger charge is 2.32. The predicted octanol–water partition coefficient (Wildman–Crippen LogP) is 2.44. The standard InChI is InChI=1S/C20H21N5O3S/c1-13-18(12-22-24(13)2)20-11-19(14-3-7-16(26)8-4-14)23-25(20)15-5-9-17(10-6-15)29(21,27)28/h3-10,12,20,26H,11H2,1-2H3,(H2,21,27,28). The molecule has 0 fully saturated rings. The Bertz CT molecular complexity index is 1180. The number of aromatic nitrogens is 2. The van der Waals surface area contributed by atoms with Crippen molar-refractivity contribution in [3.05, 3.63) is 71.5 Å². The molecular formula is C20H21N5O3S. The molecule has 0 saturated carbocycles. The number of aryl methyl sites for hydroxylation is 1. The Morgan fingerprint density at radius 3 is 2.31 bits per heavy atom. The summed E-state index contributed by atoms with van der Waals surface area (Å²) in [5.41, 5.74) is 4.61. The average Bonchev–Trinajstić information content (AvgIpc) is 3.26. The largest absolute Gasteiger partial charge is 0.508 e. The van der Waals surface area contributed by atoms with Crippen LogP contribution in [0.4, 0.5) is 5.69 Å². The summed E-state index contributed by atoms with van der Waals surface area (Å²) in [5, 5.41) is 25.8. The van der Waals surface area contributed by atoms with Gasteiger partial charge in [-0.15, -0.1) is 0 Å². The Morgan fingerprint density at radius 2 is 1.76 bits per heavy atom. The van der Waals surface area contributed by atoms with Crippen molar-refractivity contribution in [2.45, 2.75) is 24.3 Å². The second kappa shape index (κ2) is 7.02. The third-order valence-corrected chi connectivity index (χ3v) is 6.10. The zero-order chi connectivity index (χ0) is 20.8. The summed E-state index contributed by atoms with van der Waals surface area (Å²) in [6.45, 7) is 2.00. The van der Waals surface area contributed by atoms with Crippen LogP contribution in [-0.2, 0) is 17.1 Å². The first kappa shape index (κ1) is 19.2. The Balaban J connectivity index is 1.77. The summed E-state index contributed by atoms with van der Waals surface area (Å²) in [6.07, 6.45) is 2.48. The minimum Gasteiger partial charge on any atom is -0.508 e. The predicted molar refractivity (Wildman–Crippen MR) is 110 cm³/mol. The van der Waals surface area contributed by atoms with Gasteiger partial charge in [0.15, 0.2) is 0 Å². The van der Waals surface area contributed by atoms with E-state index in [1.54, 1.807) is 24.3 Å². The summed E-state index contributed by atoms with van der Waals surface area (Å²) >= 11 is 0. The van der Waals surface area contributed by atoms with Crippen LogP contribution in [0.3, 0.4) is 0 Å². The molecule has 150 valence electrons. The summed E-state index contributed by atoms with van der Waals surface area (Å²) in [7, 11) is -1.87. The first-order valence-electron chi connectivity index (χ1n) is 9.01. The van der Waals surface area contributed by atoms with Crippen LogP contribution in [-0.4, -0.2) is 29.0 Å². The zero-order valence-corrected chi connectivity index (χ0v) is 16.8. The van der Waals surface area contributed by atoms with E-state index < -0.39 is 10.0 Å². The van der Waals surface area contributed by atoms with E-state index in [9.17, 15) is 13.5 Å². The topological polar surface area (TPSA) is 114 Å². The summed E-state index contributed by atoms with van der Waals surface area (Å²) in [5.74, 6) is 0.197. The molecule has 2 heterocycles. The highest BCUT2D eigenvalue weighted by molar-refractivity contribution is 7.89. The van der Waals surface area contributed by atoms with E-state index in [-0.39, 0.29) is 16.7 Å². The maximum atomic E-state index is 11.6. The van der Waals surface area contributed by atoms with Gasteiger partial charge in [0.1, 0.15) is 5.75 Å². The lowest BCUT2D eigenvalue weighted by atomic mass is 9.98. The van der Waals surface area contributed by atoms with E-state index >= 15 is 0 Å². The molecule has 1 unspecified atom stereocenters. The van der Waals surface area contributed by atoms with Gasteiger partial charge in [0.05, 0.1) is 28.5 Å². The van der Waals surface area contributed by atoms with Crippen LogP contribution in [0.5, 0.6) is 5.75 Å². The fraction of sp³-hybridized carbons (Fsp3) is 0.200. The molecule has 3 aromatic rings. The molecule has 1 aromatic heterocycles. The number of nitrogens with two attached hydrogens (primary N) is 1. The van der Waals surface area contributed by atoms with Crippen LogP contribution in [0.2, 0.25) is 0 Å². The monoisotopic (exact) mass is 411 g/mol. The van der Waals surface area contributed by atoms with E-state index in [2.05, 4.69) is 5.10 Å². The van der Waals surface area contributed by atoms with Crippen LogP contribution in [0.25, 0.3) is 0 Å². The van der Waals surface area contributed by atoms with Crippen LogP contribution in [0, 0.1) is 6.92 Å². The Kier molecular flexibility index (Phi) is 4.64. The van der Waals surface area contributed by atoms with Gasteiger partial charge in [-0.3, -0.25) is 9.69 Å². The van der Waals surface area contributed by atoms with Gasteiger partial charge in [0.2, 0.25) is 10.0 Å². The number of hydrogen-bond donors (Lipinski definition) is 2. The number of phenols is 1. The number of benzene rings is 2. The molecule has 4 rings (SSSR count). The van der Waals surface area contributed by atoms with Crippen molar-refractivity contribution < 1.29 is 13.5 Å². The van der Waals surface area contributed by atoms with Crippen molar-refractivity contribution in [1.29, 1.82) is 0 Å². The molecular weight excluding hydrogens is 390 g/mol. The molecule has 8 nitrogen and oxygen atoms in total. The number of hydrazone groups is 1. The van der Waals surface area contributed by atoms with Crippen LogP contribution in [0.15, 0.2) is 64.7 Å². The number of rotatable bonds is 4. The van der Waals surface area contributed by atoms with E-state index in [0.29, 0.717) is 6.42 Å². The number of phenolic OH excluding ortho intramolecular Hbond substituents is 1. The molecule has 1 atom stereocenters.